The van der Waals surface area contributed by atoms with Crippen LogP contribution in [0.3, 0.4) is 0 Å². The van der Waals surface area contributed by atoms with E-state index in [9.17, 15) is 17.6 Å². The van der Waals surface area contributed by atoms with E-state index < -0.39 is 27.9 Å². The van der Waals surface area contributed by atoms with Crippen molar-refractivity contribution in [3.63, 3.8) is 0 Å². The Kier molecular flexibility index (Phi) is 12.5. The number of allylic oxidation sites excluding steroid dienone is 6. The average Bonchev–Trinajstić information content (AvgIpc) is 3.64. The summed E-state index contributed by atoms with van der Waals surface area (Å²) in [4.78, 5) is 15.8. The van der Waals surface area contributed by atoms with Gasteiger partial charge in [-0.15, -0.1) is 0 Å². The van der Waals surface area contributed by atoms with Gasteiger partial charge in [0.05, 0.1) is 16.9 Å². The normalized spacial score (nSPS) is 36.4. The molecule has 0 spiro atoms. The van der Waals surface area contributed by atoms with E-state index in [4.69, 9.17) is 4.74 Å². The summed E-state index contributed by atoms with van der Waals surface area (Å²) in [7, 11) is -2.90. The Bertz CT molecular complexity index is 2360. The molecule has 0 aromatic heterocycles. The molecule has 65 heavy (non-hydrogen) atoms. The third-order valence-electron chi connectivity index (χ3n) is 19.4. The van der Waals surface area contributed by atoms with E-state index in [1.54, 1.807) is 11.1 Å². The molecule has 1 aliphatic heterocycles. The van der Waals surface area contributed by atoms with Gasteiger partial charge in [-0.2, -0.15) is 0 Å². The lowest BCUT2D eigenvalue weighted by molar-refractivity contribution is -0.197. The van der Waals surface area contributed by atoms with Crippen molar-refractivity contribution in [2.24, 2.45) is 56.2 Å². The number of benzene rings is 2. The number of halogens is 1. The minimum atomic E-state index is -2.90. The summed E-state index contributed by atoms with van der Waals surface area (Å²) in [5.41, 5.74) is 9.09. The van der Waals surface area contributed by atoms with Crippen LogP contribution in [0.4, 0.5) is 4.39 Å². The van der Waals surface area contributed by atoms with Crippen LogP contribution in [0, 0.1) is 56.2 Å². The predicted octanol–water partition coefficient (Wildman–Crippen LogP) is 11.8. The first kappa shape index (κ1) is 46.8. The van der Waals surface area contributed by atoms with Gasteiger partial charge in [-0.3, -0.25) is 4.79 Å². The van der Waals surface area contributed by atoms with Crippen molar-refractivity contribution in [1.29, 1.82) is 0 Å². The van der Waals surface area contributed by atoms with Gasteiger partial charge < -0.3 is 15.0 Å². The maximum Gasteiger partial charge on any atom is 0.315 e. The highest BCUT2D eigenvalue weighted by Crippen LogP contribution is 2.77. The predicted molar refractivity (Wildman–Crippen MR) is 262 cm³/mol. The summed E-state index contributed by atoms with van der Waals surface area (Å²) < 4.78 is 44.9. The lowest BCUT2D eigenvalue weighted by Gasteiger charge is -2.71. The first-order valence-corrected chi connectivity index (χ1v) is 27.1. The van der Waals surface area contributed by atoms with E-state index in [0.29, 0.717) is 56.0 Å². The molecule has 1 heterocycles. The number of carbonyl (C=O) groups is 1. The van der Waals surface area contributed by atoms with Gasteiger partial charge in [0.2, 0.25) is 0 Å². The van der Waals surface area contributed by atoms with Crippen molar-refractivity contribution in [3.05, 3.63) is 112 Å². The molecule has 3 saturated carbocycles. The molecule has 9 rings (SSSR count). The molecule has 0 unspecified atom stereocenters. The second-order valence-electron chi connectivity index (χ2n) is 23.3. The molecule has 0 amide bonds. The topological polar surface area (TPSA) is 75.7 Å². The Labute approximate surface area is 390 Å². The summed E-state index contributed by atoms with van der Waals surface area (Å²) in [5, 5.41) is 3.98. The molecule has 2 aromatic carbocycles. The maximum atomic E-state index is 14.9. The van der Waals surface area contributed by atoms with Crippen LogP contribution in [0.25, 0.3) is 5.57 Å². The Morgan fingerprint density at radius 3 is 2.22 bits per heavy atom. The quantitative estimate of drug-likeness (QED) is 0.169. The van der Waals surface area contributed by atoms with Gasteiger partial charge >= 0.3 is 5.97 Å². The molecule has 0 radical (unpaired) electrons. The Hall–Kier alpha value is -3.33. The van der Waals surface area contributed by atoms with Crippen LogP contribution in [0.1, 0.15) is 124 Å². The van der Waals surface area contributed by atoms with E-state index in [1.807, 2.05) is 30.3 Å². The van der Waals surface area contributed by atoms with Crippen LogP contribution in [-0.4, -0.2) is 70.2 Å². The molecular formula is C57H77FN2O4S. The molecule has 352 valence electrons. The number of carbonyl (C=O) groups excluding carboxylic acids is 1. The zero-order valence-corrected chi connectivity index (χ0v) is 41.4. The van der Waals surface area contributed by atoms with Crippen LogP contribution in [-0.2, 0) is 26.0 Å². The van der Waals surface area contributed by atoms with Crippen LogP contribution in [0.5, 0.6) is 0 Å². The number of esters is 1. The van der Waals surface area contributed by atoms with Crippen molar-refractivity contribution >= 4 is 21.4 Å². The monoisotopic (exact) mass is 905 g/mol. The third kappa shape index (κ3) is 7.89. The fraction of sp³-hybridized carbons (Fsp3) is 0.632. The molecular weight excluding hydrogens is 828 g/mol. The number of hydrogen-bond donors (Lipinski definition) is 1. The molecule has 7 aliphatic rings. The number of sulfone groups is 1. The standard InChI is InChI=1S/C57H77FN2O4S/c1-40(2)49-44(42-16-12-9-13-17-42)36-57(39-59-30-31-60-32-34-65(62,63)35-33-60)29-28-54(6)46(50(49)57)18-19-48-53(5)24-22-45(52(3,4)47(53)23-25-55(48,54)7)43-20-26-56(38-58,27-21-43)51(61)64-37-41-14-10-8-11-15-41/h8-17,20,22,36,40,46-48,59H,18-19,21,23-35,37-39H2,1-7H3/t46-,47+,48-,53+,54-,55-,56+,57+/m1/s1. The van der Waals surface area contributed by atoms with Crippen molar-refractivity contribution in [2.75, 3.05) is 50.9 Å². The number of fused-ring (bicyclic) bond motifs is 7. The van der Waals surface area contributed by atoms with E-state index in [-0.39, 0.29) is 45.2 Å². The second-order valence-corrected chi connectivity index (χ2v) is 25.6. The molecule has 0 bridgehead atoms. The summed E-state index contributed by atoms with van der Waals surface area (Å²) in [5.74, 6) is 2.19. The third-order valence-corrected chi connectivity index (χ3v) is 21.0. The first-order valence-electron chi connectivity index (χ1n) is 25.3. The number of rotatable bonds is 12. The fourth-order valence-electron chi connectivity index (χ4n) is 15.7. The minimum absolute atomic E-state index is 0.0371. The average molecular weight is 905 g/mol. The number of hydrogen-bond acceptors (Lipinski definition) is 6. The minimum Gasteiger partial charge on any atom is -0.460 e. The summed E-state index contributed by atoms with van der Waals surface area (Å²) in [6.45, 7) is 21.3. The van der Waals surface area contributed by atoms with Gasteiger partial charge in [-0.1, -0.05) is 133 Å². The molecule has 2 aromatic rings. The number of ether oxygens (including phenoxy) is 1. The molecule has 1 N–H and O–H groups in total. The van der Waals surface area contributed by atoms with Crippen molar-refractivity contribution in [1.82, 2.24) is 10.2 Å². The van der Waals surface area contributed by atoms with Gasteiger partial charge in [-0.25, -0.2) is 12.8 Å². The van der Waals surface area contributed by atoms with Crippen molar-refractivity contribution in [3.8, 4) is 0 Å². The summed E-state index contributed by atoms with van der Waals surface area (Å²) >= 11 is 0. The maximum absolute atomic E-state index is 14.9. The van der Waals surface area contributed by atoms with Crippen molar-refractivity contribution in [2.45, 2.75) is 119 Å². The van der Waals surface area contributed by atoms with E-state index in [1.165, 1.54) is 54.4 Å². The summed E-state index contributed by atoms with van der Waals surface area (Å²) in [6, 6.07) is 20.8. The zero-order valence-electron chi connectivity index (χ0n) is 40.6. The summed E-state index contributed by atoms with van der Waals surface area (Å²) in [6.07, 6.45) is 17.4. The number of nitrogens with one attached hydrogen (secondary N) is 1. The Morgan fingerprint density at radius 2 is 1.55 bits per heavy atom. The highest BCUT2D eigenvalue weighted by molar-refractivity contribution is 7.91. The molecule has 6 nitrogen and oxygen atoms in total. The van der Waals surface area contributed by atoms with E-state index in [0.717, 1.165) is 38.0 Å². The molecule has 1 saturated heterocycles. The Morgan fingerprint density at radius 1 is 0.846 bits per heavy atom. The zero-order chi connectivity index (χ0) is 46.0. The Balaban J connectivity index is 0.972. The van der Waals surface area contributed by atoms with E-state index >= 15 is 0 Å². The fourth-order valence-corrected chi connectivity index (χ4v) is 17.0. The molecule has 6 aliphatic carbocycles. The van der Waals surface area contributed by atoms with Gasteiger partial charge in [0.1, 0.15) is 13.3 Å². The van der Waals surface area contributed by atoms with Crippen molar-refractivity contribution < 1.29 is 22.3 Å². The number of nitrogens with zero attached hydrogens (tertiary/aromatic N) is 1. The molecule has 8 heteroatoms. The first-order chi connectivity index (χ1) is 30.9. The highest BCUT2D eigenvalue weighted by atomic mass is 32.2. The van der Waals surface area contributed by atoms with E-state index in [2.05, 4.69) is 107 Å². The van der Waals surface area contributed by atoms with Crippen LogP contribution >= 0.6 is 0 Å². The SMILES string of the molecule is CC(C)C1=C2[C@H]3CC[C@@H]4[C@@]5(C)CC=C(C6=CC[C@](CF)(C(=O)OCc7ccccc7)CC6)C(C)(C)[C@@H]5CC[C@@]4(C)[C@]3(C)CC[C@@]2(CNCCN2CCS(=O)(=O)CC2)C=C1c1ccccc1. The van der Waals surface area contributed by atoms with Crippen LogP contribution in [0.2, 0.25) is 0 Å². The second kappa shape index (κ2) is 17.3. The number of alkyl halides is 1. The lowest BCUT2D eigenvalue weighted by Crippen LogP contribution is -2.64. The van der Waals surface area contributed by atoms with Crippen LogP contribution in [0.15, 0.2) is 101 Å². The lowest BCUT2D eigenvalue weighted by atomic mass is 9.33. The molecule has 4 fully saturated rings. The largest absolute Gasteiger partial charge is 0.460 e. The molecule has 8 atom stereocenters. The van der Waals surface area contributed by atoms with Gasteiger partial charge in [0.15, 0.2) is 9.84 Å². The van der Waals surface area contributed by atoms with Gasteiger partial charge in [0, 0.05) is 38.1 Å². The smallest absolute Gasteiger partial charge is 0.315 e. The van der Waals surface area contributed by atoms with Gasteiger partial charge in [0.25, 0.3) is 0 Å². The highest BCUT2D eigenvalue weighted by Gasteiger charge is 2.69. The van der Waals surface area contributed by atoms with Crippen LogP contribution < -0.4 is 5.32 Å². The van der Waals surface area contributed by atoms with Gasteiger partial charge in [-0.05, 0) is 143 Å².